The van der Waals surface area contributed by atoms with Gasteiger partial charge in [0.1, 0.15) is 5.82 Å². The number of hydrogen-bond donors (Lipinski definition) is 1. The molecule has 0 atom stereocenters. The molecule has 0 aliphatic heterocycles. The molecule has 24 heavy (non-hydrogen) atoms. The molecule has 6 nitrogen and oxygen atoms in total. The topological polar surface area (TPSA) is 81.1 Å². The lowest BCUT2D eigenvalue weighted by Crippen LogP contribution is -2.32. The summed E-state index contributed by atoms with van der Waals surface area (Å²) in [6.07, 6.45) is 2.69. The van der Waals surface area contributed by atoms with Crippen molar-refractivity contribution in [2.24, 2.45) is 0 Å². The highest BCUT2D eigenvalue weighted by atomic mass is 32.2. The van der Waals surface area contributed by atoms with Crippen LogP contribution in [0.1, 0.15) is 23.2 Å². The number of rotatable bonds is 5. The van der Waals surface area contributed by atoms with Gasteiger partial charge in [-0.25, -0.2) is 22.2 Å². The molecule has 0 saturated carbocycles. The van der Waals surface area contributed by atoms with Crippen molar-refractivity contribution >= 4 is 10.0 Å². The van der Waals surface area contributed by atoms with Crippen LogP contribution in [0, 0.1) is 12.7 Å². The zero-order valence-corrected chi connectivity index (χ0v) is 14.1. The molecule has 0 radical (unpaired) electrons. The van der Waals surface area contributed by atoms with E-state index in [-0.39, 0.29) is 23.5 Å². The van der Waals surface area contributed by atoms with Crippen LogP contribution < -0.4 is 10.3 Å². The third-order valence-corrected chi connectivity index (χ3v) is 5.68. The van der Waals surface area contributed by atoms with E-state index in [1.807, 2.05) is 0 Å². The molecule has 128 valence electrons. The lowest BCUT2D eigenvalue weighted by Gasteiger charge is -2.10. The Labute approximate surface area is 139 Å². The lowest BCUT2D eigenvalue weighted by atomic mass is 10.2. The molecule has 0 unspecified atom stereocenters. The van der Waals surface area contributed by atoms with Gasteiger partial charge in [-0.1, -0.05) is 6.07 Å². The molecular weight excluding hydrogens is 333 g/mol. The number of fused-ring (bicyclic) bond motifs is 1. The Hall–Kier alpha value is -2.06. The summed E-state index contributed by atoms with van der Waals surface area (Å²) >= 11 is 0. The van der Waals surface area contributed by atoms with Crippen molar-refractivity contribution in [1.29, 1.82) is 0 Å². The minimum atomic E-state index is -3.84. The highest BCUT2D eigenvalue weighted by Crippen LogP contribution is 2.17. The molecule has 0 saturated heterocycles. The van der Waals surface area contributed by atoms with Crippen molar-refractivity contribution in [2.75, 3.05) is 6.54 Å². The molecule has 2 aromatic rings. The molecule has 8 heteroatoms. The van der Waals surface area contributed by atoms with Crippen LogP contribution in [0.2, 0.25) is 0 Å². The predicted octanol–water partition coefficient (Wildman–Crippen LogP) is 1.16. The first-order valence-electron chi connectivity index (χ1n) is 7.72. The van der Waals surface area contributed by atoms with Crippen LogP contribution in [-0.4, -0.2) is 24.7 Å². The Bertz CT molecular complexity index is 938. The number of aryl methyl sites for hydroxylation is 3. The molecule has 1 heterocycles. The largest absolute Gasteiger partial charge is 0.268 e. The number of aromatic nitrogens is 2. The van der Waals surface area contributed by atoms with E-state index in [1.165, 1.54) is 16.8 Å². The maximum atomic E-state index is 13.3. The Morgan fingerprint density at radius 3 is 2.88 bits per heavy atom. The fraction of sp³-hybridized carbons (Fsp3) is 0.375. The smallest absolute Gasteiger partial charge is 0.267 e. The first kappa shape index (κ1) is 16.8. The third-order valence-electron chi connectivity index (χ3n) is 4.08. The van der Waals surface area contributed by atoms with E-state index in [9.17, 15) is 17.6 Å². The number of nitrogens with one attached hydrogen (secondary N) is 1. The zero-order valence-electron chi connectivity index (χ0n) is 13.3. The summed E-state index contributed by atoms with van der Waals surface area (Å²) in [7, 11) is -3.84. The summed E-state index contributed by atoms with van der Waals surface area (Å²) in [4.78, 5) is 11.9. The molecule has 1 aromatic heterocycles. The summed E-state index contributed by atoms with van der Waals surface area (Å²) in [6.45, 7) is 1.73. The summed E-state index contributed by atoms with van der Waals surface area (Å²) in [5, 5.41) is 4.29. The number of benzene rings is 1. The average Bonchev–Trinajstić information content (AvgIpc) is 2.96. The summed E-state index contributed by atoms with van der Waals surface area (Å²) in [6, 6.07) is 5.18. The molecule has 0 bridgehead atoms. The fourth-order valence-corrected chi connectivity index (χ4v) is 4.10. The minimum Gasteiger partial charge on any atom is -0.268 e. The zero-order chi connectivity index (χ0) is 17.3. The van der Waals surface area contributed by atoms with Gasteiger partial charge in [0.25, 0.3) is 5.56 Å². The SMILES string of the molecule is Cc1ccc(F)cc1S(=O)(=O)NCCn1nc2c(cc1=O)CCC2. The van der Waals surface area contributed by atoms with E-state index in [0.29, 0.717) is 5.56 Å². The first-order valence-corrected chi connectivity index (χ1v) is 9.21. The maximum Gasteiger partial charge on any atom is 0.267 e. The fourth-order valence-electron chi connectivity index (χ4n) is 2.83. The average molecular weight is 351 g/mol. The van der Waals surface area contributed by atoms with Gasteiger partial charge in [0.2, 0.25) is 10.0 Å². The first-order chi connectivity index (χ1) is 11.4. The van der Waals surface area contributed by atoms with E-state index in [4.69, 9.17) is 0 Å². The van der Waals surface area contributed by atoms with Gasteiger partial charge in [0.15, 0.2) is 0 Å². The second-order valence-electron chi connectivity index (χ2n) is 5.84. The van der Waals surface area contributed by atoms with Gasteiger partial charge in [0.05, 0.1) is 17.1 Å². The van der Waals surface area contributed by atoms with Gasteiger partial charge in [-0.2, -0.15) is 5.10 Å². The van der Waals surface area contributed by atoms with Crippen LogP contribution in [-0.2, 0) is 29.4 Å². The van der Waals surface area contributed by atoms with E-state index < -0.39 is 15.8 Å². The number of hydrogen-bond acceptors (Lipinski definition) is 4. The van der Waals surface area contributed by atoms with Crippen LogP contribution in [0.3, 0.4) is 0 Å². The van der Waals surface area contributed by atoms with E-state index in [2.05, 4.69) is 9.82 Å². The van der Waals surface area contributed by atoms with Crippen molar-refractivity contribution in [3.63, 3.8) is 0 Å². The van der Waals surface area contributed by atoms with E-state index in [0.717, 1.165) is 36.6 Å². The number of halogens is 1. The Kier molecular flexibility index (Phi) is 4.51. The monoisotopic (exact) mass is 351 g/mol. The van der Waals surface area contributed by atoms with Crippen molar-refractivity contribution in [2.45, 2.75) is 37.6 Å². The van der Waals surface area contributed by atoms with Crippen molar-refractivity contribution in [1.82, 2.24) is 14.5 Å². The standard InChI is InChI=1S/C16H18FN3O3S/c1-11-5-6-13(17)10-15(11)24(22,23)18-7-8-20-16(21)9-12-3-2-4-14(12)19-20/h5-6,9-10,18H,2-4,7-8H2,1H3. The van der Waals surface area contributed by atoms with Crippen LogP contribution in [0.5, 0.6) is 0 Å². The van der Waals surface area contributed by atoms with E-state index in [1.54, 1.807) is 13.0 Å². The van der Waals surface area contributed by atoms with Crippen LogP contribution in [0.25, 0.3) is 0 Å². The minimum absolute atomic E-state index is 0.00395. The van der Waals surface area contributed by atoms with Gasteiger partial charge in [0, 0.05) is 12.6 Å². The predicted molar refractivity (Wildman–Crippen MR) is 86.8 cm³/mol. The van der Waals surface area contributed by atoms with Gasteiger partial charge in [-0.05, 0) is 49.4 Å². The second-order valence-corrected chi connectivity index (χ2v) is 7.57. The molecule has 1 aliphatic carbocycles. The Morgan fingerprint density at radius 1 is 1.29 bits per heavy atom. The normalized spacial score (nSPS) is 13.9. The Morgan fingerprint density at radius 2 is 2.08 bits per heavy atom. The summed E-state index contributed by atoms with van der Waals surface area (Å²) < 4.78 is 41.5. The number of nitrogens with zero attached hydrogens (tertiary/aromatic N) is 2. The highest BCUT2D eigenvalue weighted by Gasteiger charge is 2.18. The lowest BCUT2D eigenvalue weighted by molar-refractivity contribution is 0.540. The highest BCUT2D eigenvalue weighted by molar-refractivity contribution is 7.89. The maximum absolute atomic E-state index is 13.3. The Balaban J connectivity index is 1.72. The molecule has 3 rings (SSSR count). The van der Waals surface area contributed by atoms with Crippen molar-refractivity contribution in [3.05, 3.63) is 57.3 Å². The summed E-state index contributed by atoms with van der Waals surface area (Å²) in [5.74, 6) is -0.613. The second kappa shape index (κ2) is 6.45. The van der Waals surface area contributed by atoms with Gasteiger partial charge >= 0.3 is 0 Å². The van der Waals surface area contributed by atoms with Gasteiger partial charge in [-0.3, -0.25) is 4.79 Å². The third kappa shape index (κ3) is 3.39. The quantitative estimate of drug-likeness (QED) is 0.876. The molecule has 1 aliphatic rings. The molecule has 0 fully saturated rings. The summed E-state index contributed by atoms with van der Waals surface area (Å²) in [5.41, 5.74) is 2.10. The van der Waals surface area contributed by atoms with Gasteiger partial charge in [-0.15, -0.1) is 0 Å². The molecule has 1 N–H and O–H groups in total. The van der Waals surface area contributed by atoms with Gasteiger partial charge < -0.3 is 0 Å². The van der Waals surface area contributed by atoms with Crippen LogP contribution in [0.15, 0.2) is 34.0 Å². The molecule has 0 amide bonds. The van der Waals surface area contributed by atoms with Crippen molar-refractivity contribution in [3.8, 4) is 0 Å². The van der Waals surface area contributed by atoms with Crippen LogP contribution in [0.4, 0.5) is 4.39 Å². The number of sulfonamides is 1. The van der Waals surface area contributed by atoms with Crippen molar-refractivity contribution < 1.29 is 12.8 Å². The molecule has 0 spiro atoms. The van der Waals surface area contributed by atoms with E-state index >= 15 is 0 Å². The molecule has 1 aromatic carbocycles. The van der Waals surface area contributed by atoms with Crippen LogP contribution >= 0.6 is 0 Å². The molecular formula is C16H18FN3O3S.